The Morgan fingerprint density at radius 1 is 0.971 bits per heavy atom. The van der Waals surface area contributed by atoms with Crippen molar-refractivity contribution in [2.24, 2.45) is 0 Å². The quantitative estimate of drug-likeness (QED) is 0.459. The summed E-state index contributed by atoms with van der Waals surface area (Å²) in [5.74, 6) is -1.41. The minimum Gasteiger partial charge on any atom is -0.481 e. The number of amides is 2. The molecule has 3 N–H and O–H groups in total. The Bertz CT molecular complexity index is 1180. The van der Waals surface area contributed by atoms with E-state index >= 15 is 0 Å². The van der Waals surface area contributed by atoms with Crippen molar-refractivity contribution in [3.05, 3.63) is 83.6 Å². The van der Waals surface area contributed by atoms with Gasteiger partial charge in [0, 0.05) is 12.0 Å². The fourth-order valence-corrected chi connectivity index (χ4v) is 4.14. The molecule has 8 nitrogen and oxygen atoms in total. The van der Waals surface area contributed by atoms with Crippen LogP contribution in [-0.2, 0) is 9.53 Å². The topological polar surface area (TPSA) is 118 Å². The molecule has 0 aliphatic heterocycles. The zero-order valence-electron chi connectivity index (χ0n) is 18.7. The Labute approximate surface area is 197 Å². The Morgan fingerprint density at radius 3 is 2.24 bits per heavy atom. The molecule has 1 atom stereocenters. The number of benzene rings is 2. The predicted molar refractivity (Wildman–Crippen MR) is 127 cm³/mol. The lowest BCUT2D eigenvalue weighted by atomic mass is 9.98. The molecule has 4 rings (SSSR count). The largest absolute Gasteiger partial charge is 0.481 e. The van der Waals surface area contributed by atoms with Crippen LogP contribution in [0.5, 0.6) is 0 Å². The van der Waals surface area contributed by atoms with Crippen molar-refractivity contribution in [3.8, 4) is 11.1 Å². The summed E-state index contributed by atoms with van der Waals surface area (Å²) in [4.78, 5) is 40.0. The van der Waals surface area contributed by atoms with E-state index in [2.05, 4.69) is 27.8 Å². The van der Waals surface area contributed by atoms with Gasteiger partial charge in [0.25, 0.3) is 5.91 Å². The van der Waals surface area contributed by atoms with E-state index in [1.165, 1.54) is 6.07 Å². The van der Waals surface area contributed by atoms with Crippen LogP contribution in [0.3, 0.4) is 0 Å². The van der Waals surface area contributed by atoms with Crippen molar-refractivity contribution in [1.82, 2.24) is 10.3 Å². The first-order chi connectivity index (χ1) is 16.5. The highest BCUT2D eigenvalue weighted by Crippen LogP contribution is 2.44. The van der Waals surface area contributed by atoms with Gasteiger partial charge in [-0.3, -0.25) is 14.9 Å². The fourth-order valence-electron chi connectivity index (χ4n) is 4.14. The Morgan fingerprint density at radius 2 is 1.62 bits per heavy atom. The molecule has 1 heterocycles. The van der Waals surface area contributed by atoms with Gasteiger partial charge in [-0.25, -0.2) is 9.78 Å². The highest BCUT2D eigenvalue weighted by molar-refractivity contribution is 5.93. The van der Waals surface area contributed by atoms with Crippen LogP contribution in [0.15, 0.2) is 66.7 Å². The minimum absolute atomic E-state index is 0.0663. The Kier molecular flexibility index (Phi) is 6.87. The second-order valence-corrected chi connectivity index (χ2v) is 8.04. The Hall–Kier alpha value is -4.20. The van der Waals surface area contributed by atoms with Crippen LogP contribution >= 0.6 is 0 Å². The second-order valence-electron chi connectivity index (χ2n) is 8.04. The number of aromatic nitrogens is 1. The number of hydrogen-bond donors (Lipinski definition) is 3. The maximum atomic E-state index is 12.5. The van der Waals surface area contributed by atoms with E-state index in [4.69, 9.17) is 9.84 Å². The number of hydrogen-bond acceptors (Lipinski definition) is 5. The van der Waals surface area contributed by atoms with Crippen molar-refractivity contribution in [2.45, 2.75) is 31.7 Å². The van der Waals surface area contributed by atoms with Gasteiger partial charge in [-0.15, -0.1) is 0 Å². The average molecular weight is 460 g/mol. The molecule has 174 valence electrons. The van der Waals surface area contributed by atoms with E-state index in [-0.39, 0.29) is 30.5 Å². The van der Waals surface area contributed by atoms with Crippen molar-refractivity contribution < 1.29 is 24.2 Å². The number of carboxylic acids is 1. The average Bonchev–Trinajstić information content (AvgIpc) is 3.16. The summed E-state index contributed by atoms with van der Waals surface area (Å²) in [6, 6.07) is 20.2. The normalized spacial score (nSPS) is 12.9. The number of nitrogens with zero attached hydrogens (tertiary/aromatic N) is 1. The highest BCUT2D eigenvalue weighted by Gasteiger charge is 2.29. The number of fused-ring (bicyclic) bond motifs is 3. The predicted octanol–water partition coefficient (Wildman–Crippen LogP) is 4.43. The third-order valence-electron chi connectivity index (χ3n) is 5.80. The van der Waals surface area contributed by atoms with Gasteiger partial charge in [-0.1, -0.05) is 61.5 Å². The number of anilines is 1. The summed E-state index contributed by atoms with van der Waals surface area (Å²) in [5.41, 5.74) is 4.57. The van der Waals surface area contributed by atoms with E-state index in [0.29, 0.717) is 6.42 Å². The van der Waals surface area contributed by atoms with Gasteiger partial charge in [0.1, 0.15) is 18.1 Å². The standard InChI is InChI=1S/C26H25N3O5/c1-2-16(14-24(30)31)27-25(32)22-12-7-13-23(28-22)29-26(33)34-15-21-19-10-5-3-8-17(19)18-9-4-6-11-20(18)21/h3-13,16,21H,2,14-15H2,1H3,(H,27,32)(H,30,31)(H,28,29,33)/t16-/m1/s1. The first-order valence-electron chi connectivity index (χ1n) is 11.1. The molecule has 0 bridgehead atoms. The first-order valence-corrected chi connectivity index (χ1v) is 11.1. The molecule has 0 radical (unpaired) electrons. The number of carbonyl (C=O) groups excluding carboxylic acids is 2. The number of pyridine rings is 1. The maximum absolute atomic E-state index is 12.5. The molecular weight excluding hydrogens is 434 g/mol. The molecule has 1 aliphatic rings. The zero-order chi connectivity index (χ0) is 24.1. The van der Waals surface area contributed by atoms with E-state index in [1.54, 1.807) is 19.1 Å². The molecule has 3 aromatic rings. The van der Waals surface area contributed by atoms with E-state index in [0.717, 1.165) is 22.3 Å². The summed E-state index contributed by atoms with van der Waals surface area (Å²) in [7, 11) is 0. The summed E-state index contributed by atoms with van der Waals surface area (Å²) in [6.45, 7) is 1.95. The van der Waals surface area contributed by atoms with Crippen LogP contribution in [-0.4, -0.2) is 40.7 Å². The third kappa shape index (κ3) is 5.06. The van der Waals surface area contributed by atoms with E-state index in [9.17, 15) is 14.4 Å². The number of nitrogens with one attached hydrogen (secondary N) is 2. The molecule has 1 aliphatic carbocycles. The summed E-state index contributed by atoms with van der Waals surface area (Å²) in [6.07, 6.45) is -0.389. The van der Waals surface area contributed by atoms with Crippen LogP contribution < -0.4 is 10.6 Å². The monoisotopic (exact) mass is 459 g/mol. The number of ether oxygens (including phenoxy) is 1. The van der Waals surface area contributed by atoms with Gasteiger partial charge in [0.2, 0.25) is 0 Å². The number of carboxylic acid groups (broad SMARTS) is 1. The molecule has 8 heteroatoms. The molecule has 0 unspecified atom stereocenters. The molecule has 0 saturated carbocycles. The third-order valence-corrected chi connectivity index (χ3v) is 5.80. The molecule has 0 fully saturated rings. The van der Waals surface area contributed by atoms with Gasteiger partial charge >= 0.3 is 12.1 Å². The van der Waals surface area contributed by atoms with Gasteiger partial charge in [-0.05, 0) is 40.8 Å². The lowest BCUT2D eigenvalue weighted by molar-refractivity contribution is -0.137. The number of carbonyl (C=O) groups is 3. The number of aliphatic carboxylic acids is 1. The smallest absolute Gasteiger partial charge is 0.412 e. The van der Waals surface area contributed by atoms with Crippen molar-refractivity contribution in [2.75, 3.05) is 11.9 Å². The van der Waals surface area contributed by atoms with Crippen molar-refractivity contribution in [3.63, 3.8) is 0 Å². The van der Waals surface area contributed by atoms with Crippen molar-refractivity contribution in [1.29, 1.82) is 0 Å². The molecule has 2 amide bonds. The van der Waals surface area contributed by atoms with E-state index in [1.807, 2.05) is 36.4 Å². The lowest BCUT2D eigenvalue weighted by Gasteiger charge is -2.15. The van der Waals surface area contributed by atoms with Gasteiger partial charge in [-0.2, -0.15) is 0 Å². The summed E-state index contributed by atoms with van der Waals surface area (Å²) < 4.78 is 5.51. The summed E-state index contributed by atoms with van der Waals surface area (Å²) in [5, 5.41) is 14.2. The van der Waals surface area contributed by atoms with Crippen LogP contribution in [0.4, 0.5) is 10.6 Å². The van der Waals surface area contributed by atoms with Crippen LogP contribution in [0, 0.1) is 0 Å². The van der Waals surface area contributed by atoms with Crippen LogP contribution in [0.25, 0.3) is 11.1 Å². The molecular formula is C26H25N3O5. The van der Waals surface area contributed by atoms with Gasteiger partial charge in [0.15, 0.2) is 0 Å². The van der Waals surface area contributed by atoms with Gasteiger partial charge < -0.3 is 15.2 Å². The molecule has 1 aromatic heterocycles. The minimum atomic E-state index is -0.995. The second kappa shape index (κ2) is 10.2. The van der Waals surface area contributed by atoms with Gasteiger partial charge in [0.05, 0.1) is 6.42 Å². The molecule has 0 saturated heterocycles. The molecule has 2 aromatic carbocycles. The first kappa shape index (κ1) is 23.0. The highest BCUT2D eigenvalue weighted by atomic mass is 16.5. The molecule has 0 spiro atoms. The fraction of sp³-hybridized carbons (Fsp3) is 0.231. The zero-order valence-corrected chi connectivity index (χ0v) is 18.7. The maximum Gasteiger partial charge on any atom is 0.412 e. The van der Waals surface area contributed by atoms with Crippen molar-refractivity contribution >= 4 is 23.8 Å². The molecule has 34 heavy (non-hydrogen) atoms. The van der Waals surface area contributed by atoms with E-state index < -0.39 is 24.0 Å². The lowest BCUT2D eigenvalue weighted by Crippen LogP contribution is -2.36. The van der Waals surface area contributed by atoms with Crippen LogP contribution in [0.1, 0.15) is 47.3 Å². The summed E-state index contributed by atoms with van der Waals surface area (Å²) >= 11 is 0. The SMILES string of the molecule is CC[C@H](CC(=O)O)NC(=O)c1cccc(NC(=O)OCC2c3ccccc3-c3ccccc32)n1. The Balaban J connectivity index is 1.39. The number of rotatable bonds is 8. The van der Waals surface area contributed by atoms with Crippen LogP contribution in [0.2, 0.25) is 0 Å².